The molecule has 1 atom stereocenters. The van der Waals surface area contributed by atoms with E-state index in [1.807, 2.05) is 19.1 Å². The van der Waals surface area contributed by atoms with Gasteiger partial charge in [0.1, 0.15) is 11.5 Å². The van der Waals surface area contributed by atoms with Crippen LogP contribution in [0.5, 0.6) is 11.5 Å². The normalized spacial score (nSPS) is 11.6. The summed E-state index contributed by atoms with van der Waals surface area (Å²) in [5, 5.41) is 0. The number of hydrogen-bond acceptors (Lipinski definition) is 3. The van der Waals surface area contributed by atoms with Crippen molar-refractivity contribution < 1.29 is 9.47 Å². The number of benzene rings is 1. The molecule has 0 heterocycles. The molecule has 3 nitrogen and oxygen atoms in total. The Balaban J connectivity index is 0.00000225. The zero-order valence-electron chi connectivity index (χ0n) is 9.62. The molecule has 1 aromatic carbocycles. The summed E-state index contributed by atoms with van der Waals surface area (Å²) in [5.41, 5.74) is 6.90. The van der Waals surface area contributed by atoms with Crippen molar-refractivity contribution in [3.63, 3.8) is 0 Å². The molecule has 16 heavy (non-hydrogen) atoms. The number of nitrogens with two attached hydrogens (primary N) is 1. The van der Waals surface area contributed by atoms with E-state index in [0.29, 0.717) is 0 Å². The van der Waals surface area contributed by atoms with Gasteiger partial charge in [0.15, 0.2) is 0 Å². The molecular formula is C11H17ClINO2. The van der Waals surface area contributed by atoms with Crippen LogP contribution in [0.4, 0.5) is 0 Å². The van der Waals surface area contributed by atoms with Crippen molar-refractivity contribution in [3.05, 3.63) is 21.3 Å². The van der Waals surface area contributed by atoms with Crippen molar-refractivity contribution in [3.8, 4) is 11.5 Å². The molecule has 0 fully saturated rings. The molecule has 1 aromatic rings. The van der Waals surface area contributed by atoms with Gasteiger partial charge in [-0.25, -0.2) is 0 Å². The van der Waals surface area contributed by atoms with E-state index in [1.165, 1.54) is 0 Å². The van der Waals surface area contributed by atoms with E-state index >= 15 is 0 Å². The van der Waals surface area contributed by atoms with Gasteiger partial charge in [-0.3, -0.25) is 0 Å². The largest absolute Gasteiger partial charge is 0.495 e. The summed E-state index contributed by atoms with van der Waals surface area (Å²) in [7, 11) is 3.32. The van der Waals surface area contributed by atoms with Crippen molar-refractivity contribution in [2.45, 2.75) is 19.4 Å². The monoisotopic (exact) mass is 357 g/mol. The molecule has 0 bridgehead atoms. The van der Waals surface area contributed by atoms with Crippen molar-refractivity contribution >= 4 is 35.0 Å². The standard InChI is InChI=1S/C11H16INO2.ClH/c1-7(13)4-8-5-9(14-2)11(12)10(6-8)15-3;/h5-7H,4,13H2,1-3H3;1H. The van der Waals surface area contributed by atoms with E-state index in [4.69, 9.17) is 15.2 Å². The van der Waals surface area contributed by atoms with Crippen LogP contribution >= 0.6 is 35.0 Å². The average Bonchev–Trinajstić information content (AvgIpc) is 2.19. The van der Waals surface area contributed by atoms with Gasteiger partial charge in [0.25, 0.3) is 0 Å². The van der Waals surface area contributed by atoms with E-state index in [9.17, 15) is 0 Å². The summed E-state index contributed by atoms with van der Waals surface area (Å²) < 4.78 is 11.6. The molecular weight excluding hydrogens is 340 g/mol. The molecule has 0 aliphatic carbocycles. The zero-order valence-corrected chi connectivity index (χ0v) is 12.6. The molecule has 0 saturated heterocycles. The second-order valence-electron chi connectivity index (χ2n) is 3.50. The number of ether oxygens (including phenoxy) is 2. The van der Waals surface area contributed by atoms with Crippen molar-refractivity contribution in [2.24, 2.45) is 5.73 Å². The molecule has 0 saturated carbocycles. The van der Waals surface area contributed by atoms with E-state index in [2.05, 4.69) is 22.6 Å². The van der Waals surface area contributed by atoms with E-state index < -0.39 is 0 Å². The number of methoxy groups -OCH3 is 2. The maximum Gasteiger partial charge on any atom is 0.136 e. The predicted octanol–water partition coefficient (Wildman–Crippen LogP) is 2.62. The highest BCUT2D eigenvalue weighted by Gasteiger charge is 2.10. The molecule has 5 heteroatoms. The van der Waals surface area contributed by atoms with Crippen LogP contribution in [0.2, 0.25) is 0 Å². The Hall–Kier alpha value is -0.200. The van der Waals surface area contributed by atoms with Crippen LogP contribution in [0, 0.1) is 3.57 Å². The van der Waals surface area contributed by atoms with Gasteiger partial charge in [0.2, 0.25) is 0 Å². The first-order chi connectivity index (χ1) is 7.08. The highest BCUT2D eigenvalue weighted by atomic mass is 127. The molecule has 0 aromatic heterocycles. The highest BCUT2D eigenvalue weighted by molar-refractivity contribution is 14.1. The second kappa shape index (κ2) is 7.19. The Morgan fingerprint density at radius 3 is 2.00 bits per heavy atom. The Morgan fingerprint density at radius 1 is 1.25 bits per heavy atom. The maximum atomic E-state index is 5.76. The van der Waals surface area contributed by atoms with Gasteiger partial charge in [0.05, 0.1) is 17.8 Å². The van der Waals surface area contributed by atoms with Gasteiger partial charge in [0, 0.05) is 6.04 Å². The van der Waals surface area contributed by atoms with Crippen LogP contribution < -0.4 is 15.2 Å². The smallest absolute Gasteiger partial charge is 0.136 e. The molecule has 0 aliphatic heterocycles. The summed E-state index contributed by atoms with van der Waals surface area (Å²) in [4.78, 5) is 0. The quantitative estimate of drug-likeness (QED) is 0.843. The lowest BCUT2D eigenvalue weighted by atomic mass is 10.1. The summed E-state index contributed by atoms with van der Waals surface area (Å²) in [6.07, 6.45) is 0.823. The summed E-state index contributed by atoms with van der Waals surface area (Å²) in [6, 6.07) is 4.15. The Bertz CT molecular complexity index is 320. The fourth-order valence-corrected chi connectivity index (χ4v) is 2.17. The van der Waals surface area contributed by atoms with Crippen LogP contribution in [0.3, 0.4) is 0 Å². The molecule has 92 valence electrons. The Labute approximate surface area is 116 Å². The number of rotatable bonds is 4. The van der Waals surface area contributed by atoms with Crippen LogP contribution in [-0.2, 0) is 6.42 Å². The molecule has 1 unspecified atom stereocenters. The summed E-state index contributed by atoms with van der Waals surface area (Å²) >= 11 is 2.21. The SMILES string of the molecule is COc1cc(CC(C)N)cc(OC)c1I.Cl. The lowest BCUT2D eigenvalue weighted by Gasteiger charge is -2.12. The third-order valence-electron chi connectivity index (χ3n) is 2.06. The van der Waals surface area contributed by atoms with Crippen LogP contribution in [0.25, 0.3) is 0 Å². The molecule has 0 spiro atoms. The average molecular weight is 358 g/mol. The summed E-state index contributed by atoms with van der Waals surface area (Å²) in [5.74, 6) is 1.68. The van der Waals surface area contributed by atoms with Gasteiger partial charge >= 0.3 is 0 Å². The minimum atomic E-state index is 0. The fraction of sp³-hybridized carbons (Fsp3) is 0.455. The van der Waals surface area contributed by atoms with Gasteiger partial charge in [-0.05, 0) is 53.6 Å². The maximum absolute atomic E-state index is 5.76. The van der Waals surface area contributed by atoms with Gasteiger partial charge in [-0.2, -0.15) is 0 Å². The van der Waals surface area contributed by atoms with Crippen molar-refractivity contribution in [1.82, 2.24) is 0 Å². The van der Waals surface area contributed by atoms with E-state index in [-0.39, 0.29) is 18.4 Å². The van der Waals surface area contributed by atoms with Gasteiger partial charge in [-0.15, -0.1) is 12.4 Å². The van der Waals surface area contributed by atoms with Crippen molar-refractivity contribution in [1.29, 1.82) is 0 Å². The lowest BCUT2D eigenvalue weighted by molar-refractivity contribution is 0.388. The minimum Gasteiger partial charge on any atom is -0.495 e. The van der Waals surface area contributed by atoms with E-state index in [0.717, 1.165) is 27.1 Å². The Kier molecular flexibility index (Phi) is 7.10. The third-order valence-corrected chi connectivity index (χ3v) is 3.13. The first-order valence-electron chi connectivity index (χ1n) is 4.74. The number of hydrogen-bond donors (Lipinski definition) is 1. The first-order valence-corrected chi connectivity index (χ1v) is 5.82. The Morgan fingerprint density at radius 2 is 1.69 bits per heavy atom. The zero-order chi connectivity index (χ0) is 11.4. The summed E-state index contributed by atoms with van der Waals surface area (Å²) in [6.45, 7) is 1.98. The minimum absolute atomic E-state index is 0. The second-order valence-corrected chi connectivity index (χ2v) is 4.57. The van der Waals surface area contributed by atoms with Crippen LogP contribution in [0.1, 0.15) is 12.5 Å². The van der Waals surface area contributed by atoms with Crippen LogP contribution in [-0.4, -0.2) is 20.3 Å². The van der Waals surface area contributed by atoms with Gasteiger partial charge < -0.3 is 15.2 Å². The molecule has 2 N–H and O–H groups in total. The van der Waals surface area contributed by atoms with Crippen LogP contribution in [0.15, 0.2) is 12.1 Å². The van der Waals surface area contributed by atoms with Crippen molar-refractivity contribution in [2.75, 3.05) is 14.2 Å². The molecule has 0 aliphatic rings. The molecule has 0 amide bonds. The topological polar surface area (TPSA) is 44.5 Å². The lowest BCUT2D eigenvalue weighted by Crippen LogP contribution is -2.17. The van der Waals surface area contributed by atoms with E-state index in [1.54, 1.807) is 14.2 Å². The number of halogens is 2. The van der Waals surface area contributed by atoms with Gasteiger partial charge in [-0.1, -0.05) is 0 Å². The predicted molar refractivity (Wildman–Crippen MR) is 76.9 cm³/mol. The molecule has 0 radical (unpaired) electrons. The third kappa shape index (κ3) is 3.99. The highest BCUT2D eigenvalue weighted by Crippen LogP contribution is 2.32. The fourth-order valence-electron chi connectivity index (χ4n) is 1.41. The first kappa shape index (κ1) is 15.8. The molecule has 1 rings (SSSR count).